The summed E-state index contributed by atoms with van der Waals surface area (Å²) >= 11 is 0. The van der Waals surface area contributed by atoms with E-state index in [1.165, 1.54) is 11.8 Å². The number of carbonyl (C=O) groups is 1. The number of hydrogen-bond donors (Lipinski definition) is 1. The van der Waals surface area contributed by atoms with Crippen LogP contribution in [0.1, 0.15) is 47.7 Å². The summed E-state index contributed by atoms with van der Waals surface area (Å²) in [5, 5.41) is 11.7. The maximum Gasteiger partial charge on any atom is 0.287 e. The summed E-state index contributed by atoms with van der Waals surface area (Å²) in [6, 6.07) is 9.12. The van der Waals surface area contributed by atoms with E-state index in [1.54, 1.807) is 19.2 Å². The first-order valence-corrected chi connectivity index (χ1v) is 10.9. The molecule has 3 heterocycles. The highest BCUT2D eigenvalue weighted by molar-refractivity contribution is 5.91. The highest BCUT2D eigenvalue weighted by Crippen LogP contribution is 2.29. The fourth-order valence-corrected chi connectivity index (χ4v) is 3.95. The lowest BCUT2D eigenvalue weighted by molar-refractivity contribution is 0.0909. The van der Waals surface area contributed by atoms with Gasteiger partial charge in [0.15, 0.2) is 23.1 Å². The van der Waals surface area contributed by atoms with Gasteiger partial charge in [0.2, 0.25) is 0 Å². The van der Waals surface area contributed by atoms with E-state index in [4.69, 9.17) is 13.9 Å². The molecule has 0 aliphatic carbocycles. The lowest BCUT2D eigenvalue weighted by atomic mass is 10.2. The van der Waals surface area contributed by atoms with Crippen LogP contribution in [0.3, 0.4) is 0 Å². The Bertz CT molecular complexity index is 1050. The maximum atomic E-state index is 12.3. The van der Waals surface area contributed by atoms with Crippen molar-refractivity contribution in [2.45, 2.75) is 39.4 Å². The van der Waals surface area contributed by atoms with Crippen LogP contribution in [0, 0.1) is 0 Å². The molecule has 4 rings (SSSR count). The molecule has 1 atom stereocenters. The number of rotatable bonds is 8. The molecule has 1 amide bonds. The summed E-state index contributed by atoms with van der Waals surface area (Å²) in [6.45, 7) is 7.76. The van der Waals surface area contributed by atoms with Crippen molar-refractivity contribution < 1.29 is 18.7 Å². The third kappa shape index (κ3) is 4.77. The van der Waals surface area contributed by atoms with Crippen LogP contribution < -0.4 is 14.8 Å². The number of nitrogens with one attached hydrogen (secondary N) is 1. The van der Waals surface area contributed by atoms with Crippen LogP contribution in [0.15, 0.2) is 41.0 Å². The van der Waals surface area contributed by atoms with Crippen molar-refractivity contribution in [2.75, 3.05) is 26.8 Å². The first-order chi connectivity index (χ1) is 15.6. The molecule has 1 N–H and O–H groups in total. The van der Waals surface area contributed by atoms with E-state index in [9.17, 15) is 4.79 Å². The molecule has 1 aliphatic heterocycles. The van der Waals surface area contributed by atoms with Gasteiger partial charge in [0, 0.05) is 32.6 Å². The third-order valence-corrected chi connectivity index (χ3v) is 5.56. The molecule has 2 aromatic heterocycles. The zero-order valence-corrected chi connectivity index (χ0v) is 18.7. The zero-order chi connectivity index (χ0) is 22.5. The predicted molar refractivity (Wildman–Crippen MR) is 118 cm³/mol. The van der Waals surface area contributed by atoms with Gasteiger partial charge in [0.1, 0.15) is 5.82 Å². The SMILES string of the molecule is CCOc1cc(CN2CCc3nnc(C(C)NC(=O)c4ccco4)n3CC2)ccc1OC. The van der Waals surface area contributed by atoms with Gasteiger partial charge in [-0.1, -0.05) is 6.07 Å². The number of methoxy groups -OCH3 is 1. The quantitative estimate of drug-likeness (QED) is 0.577. The lowest BCUT2D eigenvalue weighted by Crippen LogP contribution is -2.30. The van der Waals surface area contributed by atoms with E-state index in [0.29, 0.717) is 6.61 Å². The minimum Gasteiger partial charge on any atom is -0.493 e. The average Bonchev–Trinajstić information content (AvgIpc) is 3.43. The number of nitrogens with zero attached hydrogens (tertiary/aromatic N) is 4. The standard InChI is InChI=1S/C23H29N5O4/c1-4-31-20-14-17(7-8-18(20)30-3)15-27-10-9-21-25-26-22(28(21)12-11-27)16(2)24-23(29)19-6-5-13-32-19/h5-8,13-14,16H,4,9-12,15H2,1-3H3,(H,24,29). The van der Waals surface area contributed by atoms with Crippen molar-refractivity contribution in [3.8, 4) is 11.5 Å². The number of amides is 1. The van der Waals surface area contributed by atoms with E-state index in [-0.39, 0.29) is 17.7 Å². The van der Waals surface area contributed by atoms with Crippen molar-refractivity contribution >= 4 is 5.91 Å². The van der Waals surface area contributed by atoms with Crippen molar-refractivity contribution in [1.29, 1.82) is 0 Å². The van der Waals surface area contributed by atoms with E-state index in [0.717, 1.165) is 55.7 Å². The van der Waals surface area contributed by atoms with E-state index in [1.807, 2.05) is 26.0 Å². The monoisotopic (exact) mass is 439 g/mol. The van der Waals surface area contributed by atoms with Gasteiger partial charge < -0.3 is 23.8 Å². The predicted octanol–water partition coefficient (Wildman–Crippen LogP) is 2.83. The molecule has 1 unspecified atom stereocenters. The van der Waals surface area contributed by atoms with Crippen LogP contribution in [0.4, 0.5) is 0 Å². The fraction of sp³-hybridized carbons (Fsp3) is 0.435. The van der Waals surface area contributed by atoms with Crippen LogP contribution >= 0.6 is 0 Å². The molecule has 32 heavy (non-hydrogen) atoms. The van der Waals surface area contributed by atoms with E-state index in [2.05, 4.69) is 31.0 Å². The summed E-state index contributed by atoms with van der Waals surface area (Å²) in [6.07, 6.45) is 2.28. The maximum absolute atomic E-state index is 12.3. The van der Waals surface area contributed by atoms with Crippen LogP contribution in [0.2, 0.25) is 0 Å². The molecule has 0 bridgehead atoms. The summed E-state index contributed by atoms with van der Waals surface area (Å²) in [7, 11) is 1.65. The van der Waals surface area contributed by atoms with E-state index < -0.39 is 0 Å². The molecule has 1 aromatic carbocycles. The molecule has 0 saturated carbocycles. The van der Waals surface area contributed by atoms with Crippen LogP contribution in [-0.2, 0) is 19.5 Å². The highest BCUT2D eigenvalue weighted by Gasteiger charge is 2.24. The van der Waals surface area contributed by atoms with Gasteiger partial charge >= 0.3 is 0 Å². The van der Waals surface area contributed by atoms with Crippen LogP contribution in [-0.4, -0.2) is 52.4 Å². The molecule has 0 spiro atoms. The molecule has 0 fully saturated rings. The Balaban J connectivity index is 1.41. The van der Waals surface area contributed by atoms with Crippen molar-refractivity contribution in [3.63, 3.8) is 0 Å². The summed E-state index contributed by atoms with van der Waals surface area (Å²) < 4.78 is 18.4. The Morgan fingerprint density at radius 1 is 1.22 bits per heavy atom. The second kappa shape index (κ2) is 9.86. The molecule has 0 saturated heterocycles. The van der Waals surface area contributed by atoms with Gasteiger partial charge in [-0.05, 0) is 43.7 Å². The minimum absolute atomic E-state index is 0.264. The number of furan rings is 1. The van der Waals surface area contributed by atoms with Crippen LogP contribution in [0.5, 0.6) is 11.5 Å². The highest BCUT2D eigenvalue weighted by atomic mass is 16.5. The van der Waals surface area contributed by atoms with Crippen molar-refractivity contribution in [3.05, 3.63) is 59.6 Å². The van der Waals surface area contributed by atoms with Gasteiger partial charge in [-0.25, -0.2) is 0 Å². The second-order valence-electron chi connectivity index (χ2n) is 7.74. The Morgan fingerprint density at radius 3 is 2.84 bits per heavy atom. The van der Waals surface area contributed by atoms with Crippen molar-refractivity contribution in [1.82, 2.24) is 25.0 Å². The minimum atomic E-state index is -0.282. The Kier molecular flexibility index (Phi) is 6.75. The second-order valence-corrected chi connectivity index (χ2v) is 7.74. The smallest absolute Gasteiger partial charge is 0.287 e. The fourth-order valence-electron chi connectivity index (χ4n) is 3.95. The first-order valence-electron chi connectivity index (χ1n) is 10.9. The molecule has 3 aromatic rings. The largest absolute Gasteiger partial charge is 0.493 e. The Hall–Kier alpha value is -3.33. The first kappa shape index (κ1) is 21.9. The van der Waals surface area contributed by atoms with Gasteiger partial charge in [-0.15, -0.1) is 10.2 Å². The number of carbonyl (C=O) groups excluding carboxylic acids is 1. The Labute approximate surface area is 187 Å². The third-order valence-electron chi connectivity index (χ3n) is 5.56. The Morgan fingerprint density at radius 2 is 2.09 bits per heavy atom. The van der Waals surface area contributed by atoms with Crippen LogP contribution in [0.25, 0.3) is 0 Å². The molecule has 9 heteroatoms. The molecular weight excluding hydrogens is 410 g/mol. The number of aromatic nitrogens is 3. The lowest BCUT2D eigenvalue weighted by Gasteiger charge is -2.21. The summed E-state index contributed by atoms with van der Waals surface area (Å²) in [5.74, 6) is 3.22. The van der Waals surface area contributed by atoms with Gasteiger partial charge in [0.25, 0.3) is 5.91 Å². The zero-order valence-electron chi connectivity index (χ0n) is 18.7. The molecule has 1 aliphatic rings. The molecule has 9 nitrogen and oxygen atoms in total. The summed E-state index contributed by atoms with van der Waals surface area (Å²) in [4.78, 5) is 14.7. The van der Waals surface area contributed by atoms with Gasteiger partial charge in [-0.2, -0.15) is 0 Å². The average molecular weight is 440 g/mol. The van der Waals surface area contributed by atoms with Gasteiger partial charge in [0.05, 0.1) is 26.0 Å². The molecular formula is C23H29N5O4. The number of ether oxygens (including phenoxy) is 2. The van der Waals surface area contributed by atoms with Gasteiger partial charge in [-0.3, -0.25) is 9.69 Å². The topological polar surface area (TPSA) is 94.6 Å². The van der Waals surface area contributed by atoms with Crippen molar-refractivity contribution in [2.24, 2.45) is 0 Å². The number of hydrogen-bond acceptors (Lipinski definition) is 7. The number of benzene rings is 1. The molecule has 0 radical (unpaired) electrons. The molecule has 170 valence electrons. The summed E-state index contributed by atoms with van der Waals surface area (Å²) in [5.41, 5.74) is 1.17. The normalized spacial score (nSPS) is 15.0. The van der Waals surface area contributed by atoms with E-state index >= 15 is 0 Å². The number of fused-ring (bicyclic) bond motifs is 1.